The number of hydrogen-bond donors (Lipinski definition) is 1. The van der Waals surface area contributed by atoms with E-state index in [-0.39, 0.29) is 32.2 Å². The van der Waals surface area contributed by atoms with Crippen LogP contribution < -0.4 is 0 Å². The summed E-state index contributed by atoms with van der Waals surface area (Å²) in [6.45, 7) is 6.69. The molecular formula is C64H54N3OPt-. The van der Waals surface area contributed by atoms with Crippen LogP contribution in [0.25, 0.3) is 83.9 Å². The first-order valence-electron chi connectivity index (χ1n) is 24.7. The molecule has 0 aliphatic heterocycles. The second-order valence-electron chi connectivity index (χ2n) is 18.9. The standard InChI is InChI=1S/C64H54N3O.Pt/c1-64(2,3)52-40-50(39-51(41-52)59-42-49(37-38-65-59)44-19-9-5-10-20-44)55-25-16-28-60-61(55)66-63(58-27-15-26-57(62(58)68)56-24-14-13-23-54(56)48-21-11-6-12-22-48)67(60)53-35-33-47(34-36-53)46-31-29-45(30-32-46)43-17-7-4-8-18-43;/h4-28,33-38,40-42,45-46,68H,29-32H2,1-3H3;/q-1;/i45D,46D;. The van der Waals surface area contributed by atoms with Crippen LogP contribution in [-0.2, 0) is 26.5 Å². The molecule has 8 aromatic carbocycles. The topological polar surface area (TPSA) is 50.9 Å². The van der Waals surface area contributed by atoms with Crippen LogP contribution in [0.4, 0.5) is 0 Å². The number of aromatic hydroxyl groups is 1. The summed E-state index contributed by atoms with van der Waals surface area (Å²) in [5.74, 6) is -0.779. The van der Waals surface area contributed by atoms with Crippen LogP contribution in [0.1, 0.15) is 77.7 Å². The number of para-hydroxylation sites is 2. The molecule has 1 fully saturated rings. The predicted octanol–water partition coefficient (Wildman–Crippen LogP) is 16.7. The Hall–Kier alpha value is -7.13. The monoisotopic (exact) mass is 1080 g/mol. The molecule has 1 N–H and O–H groups in total. The molecule has 1 aliphatic rings. The van der Waals surface area contributed by atoms with Gasteiger partial charge in [-0.05, 0) is 112 Å². The maximum atomic E-state index is 12.6. The van der Waals surface area contributed by atoms with Crippen molar-refractivity contribution >= 4 is 11.0 Å². The zero-order chi connectivity index (χ0) is 48.0. The number of rotatable bonds is 9. The maximum Gasteiger partial charge on any atom is 0.148 e. The molecule has 0 amide bonds. The number of fused-ring (bicyclic) bond motifs is 1. The number of hydrogen-bond acceptors (Lipinski definition) is 3. The maximum absolute atomic E-state index is 12.6. The molecule has 69 heavy (non-hydrogen) atoms. The zero-order valence-corrected chi connectivity index (χ0v) is 41.3. The first-order chi connectivity index (χ1) is 34.0. The third-order valence-electron chi connectivity index (χ3n) is 13.6. The number of imidazole rings is 1. The van der Waals surface area contributed by atoms with E-state index in [0.29, 0.717) is 42.6 Å². The summed E-state index contributed by atoms with van der Waals surface area (Å²) in [7, 11) is 0. The Morgan fingerprint density at radius 2 is 1.09 bits per heavy atom. The van der Waals surface area contributed by atoms with Crippen molar-refractivity contribution < 1.29 is 28.9 Å². The number of nitrogens with zero attached hydrogens (tertiary/aromatic N) is 3. The fourth-order valence-corrected chi connectivity index (χ4v) is 9.91. The third kappa shape index (κ3) is 9.15. The van der Waals surface area contributed by atoms with Gasteiger partial charge >= 0.3 is 0 Å². The number of phenolic OH excluding ortho intramolecular Hbond substituents is 1. The fourth-order valence-electron chi connectivity index (χ4n) is 9.91. The van der Waals surface area contributed by atoms with Gasteiger partial charge in [-0.1, -0.05) is 190 Å². The van der Waals surface area contributed by atoms with Crippen molar-refractivity contribution in [1.82, 2.24) is 14.5 Å². The van der Waals surface area contributed by atoms with Gasteiger partial charge in [-0.25, -0.2) is 4.98 Å². The molecule has 0 bridgehead atoms. The van der Waals surface area contributed by atoms with E-state index in [2.05, 4.69) is 141 Å². The van der Waals surface area contributed by atoms with E-state index in [4.69, 9.17) is 9.97 Å². The van der Waals surface area contributed by atoms with Gasteiger partial charge in [-0.15, -0.1) is 29.3 Å². The Balaban J connectivity index is 0.00000582. The largest absolute Gasteiger partial charge is 0.507 e. The van der Waals surface area contributed by atoms with E-state index >= 15 is 0 Å². The van der Waals surface area contributed by atoms with Crippen LogP contribution in [0.15, 0.2) is 206 Å². The average molecular weight is 1080 g/mol. The molecule has 2 aromatic heterocycles. The van der Waals surface area contributed by atoms with Gasteiger partial charge in [0.05, 0.1) is 16.6 Å². The Morgan fingerprint density at radius 1 is 0.536 bits per heavy atom. The van der Waals surface area contributed by atoms with Crippen molar-refractivity contribution in [1.29, 1.82) is 0 Å². The zero-order valence-electron chi connectivity index (χ0n) is 41.1. The van der Waals surface area contributed by atoms with Crippen molar-refractivity contribution in [2.24, 2.45) is 0 Å². The molecule has 0 spiro atoms. The van der Waals surface area contributed by atoms with E-state index in [1.165, 1.54) is 0 Å². The molecule has 5 heteroatoms. The normalized spacial score (nSPS) is 17.4. The number of phenols is 1. The number of pyridine rings is 1. The molecule has 2 heterocycles. The second kappa shape index (κ2) is 19.5. The van der Waals surface area contributed by atoms with Gasteiger partial charge in [0, 0.05) is 46.9 Å². The Morgan fingerprint density at radius 3 is 1.77 bits per heavy atom. The van der Waals surface area contributed by atoms with Crippen LogP contribution in [0.3, 0.4) is 0 Å². The van der Waals surface area contributed by atoms with Gasteiger partial charge < -0.3 is 5.11 Å². The van der Waals surface area contributed by atoms with Gasteiger partial charge in [0.25, 0.3) is 0 Å². The average Bonchev–Trinajstić information content (AvgIpc) is 3.80. The van der Waals surface area contributed by atoms with Crippen molar-refractivity contribution in [3.05, 3.63) is 229 Å². The van der Waals surface area contributed by atoms with E-state index in [0.717, 1.165) is 83.6 Å². The minimum absolute atomic E-state index is 0. The van der Waals surface area contributed by atoms with Crippen molar-refractivity contribution in [3.8, 4) is 78.6 Å². The fraction of sp³-hybridized carbons (Fsp3) is 0.156. The molecule has 1 aliphatic carbocycles. The summed E-state index contributed by atoms with van der Waals surface area (Å²) < 4.78 is 21.2. The molecule has 0 radical (unpaired) electrons. The van der Waals surface area contributed by atoms with E-state index in [1.54, 1.807) is 0 Å². The minimum Gasteiger partial charge on any atom is -0.507 e. The van der Waals surface area contributed by atoms with Gasteiger partial charge in [0.1, 0.15) is 11.6 Å². The summed E-state index contributed by atoms with van der Waals surface area (Å²) >= 11 is 0. The molecule has 0 unspecified atom stereocenters. The van der Waals surface area contributed by atoms with Crippen molar-refractivity contribution in [3.63, 3.8) is 0 Å². The number of aromatic nitrogens is 3. The predicted molar refractivity (Wildman–Crippen MR) is 281 cm³/mol. The molecular weight excluding hydrogens is 1020 g/mol. The van der Waals surface area contributed by atoms with Crippen LogP contribution in [-0.4, -0.2) is 19.6 Å². The molecule has 11 rings (SSSR count). The molecule has 0 saturated heterocycles. The quantitative estimate of drug-likeness (QED) is 0.147. The van der Waals surface area contributed by atoms with Crippen molar-refractivity contribution in [2.45, 2.75) is 63.7 Å². The van der Waals surface area contributed by atoms with Crippen LogP contribution >= 0.6 is 0 Å². The van der Waals surface area contributed by atoms with E-state index in [1.807, 2.05) is 97.2 Å². The number of benzene rings is 8. The Labute approximate surface area is 423 Å². The summed E-state index contributed by atoms with van der Waals surface area (Å²) in [5.41, 5.74) is 15.5. The summed E-state index contributed by atoms with van der Waals surface area (Å²) in [5, 5.41) is 12.6. The van der Waals surface area contributed by atoms with Gasteiger partial charge in [-0.2, -0.15) is 0 Å². The van der Waals surface area contributed by atoms with Gasteiger partial charge in [0.15, 0.2) is 0 Å². The first-order valence-corrected chi connectivity index (χ1v) is 23.7. The van der Waals surface area contributed by atoms with Crippen LogP contribution in [0.5, 0.6) is 5.75 Å². The third-order valence-corrected chi connectivity index (χ3v) is 13.6. The molecule has 4 nitrogen and oxygen atoms in total. The molecule has 1 saturated carbocycles. The van der Waals surface area contributed by atoms with Crippen LogP contribution in [0.2, 0.25) is 0 Å². The Kier molecular flexibility index (Phi) is 12.2. The SMILES string of the molecule is [2H]C1(c2ccccc2)CCC([2H])(c2ccc(-n3c(-c4cccc(-c5ccccc5-c5ccccc5)c4O)nc4c(-c5[c-]c(-c6cc(-c7ccccc7)ccn6)cc(C(C)(C)C)c5)cccc43)cc2)CC1.[Pt]. The second-order valence-corrected chi connectivity index (χ2v) is 18.9. The summed E-state index contributed by atoms with van der Waals surface area (Å²) in [4.78, 5) is 10.4. The summed E-state index contributed by atoms with van der Waals surface area (Å²) in [6, 6.07) is 71.9. The van der Waals surface area contributed by atoms with Gasteiger partial charge in [-0.3, -0.25) is 9.55 Å². The minimum atomic E-state index is -0.815. The molecule has 342 valence electrons. The smallest absolute Gasteiger partial charge is 0.148 e. The Bertz CT molecular complexity index is 3500. The van der Waals surface area contributed by atoms with E-state index < -0.39 is 11.8 Å². The van der Waals surface area contributed by atoms with E-state index in [9.17, 15) is 7.85 Å². The van der Waals surface area contributed by atoms with Gasteiger partial charge in [0.2, 0.25) is 0 Å². The van der Waals surface area contributed by atoms with Crippen molar-refractivity contribution in [2.75, 3.05) is 0 Å². The molecule has 10 aromatic rings. The van der Waals surface area contributed by atoms with Crippen LogP contribution in [0, 0.1) is 6.07 Å². The summed E-state index contributed by atoms with van der Waals surface area (Å²) in [6.07, 6.45) is 4.30. The first kappa shape index (κ1) is 43.2. The molecule has 0 atom stereocenters.